The molecular formula is C19H13BrClN3O3S. The van der Waals surface area contributed by atoms with Crippen molar-refractivity contribution in [1.29, 1.82) is 5.26 Å². The molecule has 0 saturated carbocycles. The lowest BCUT2D eigenvalue weighted by molar-refractivity contribution is -0.115. The molecule has 0 unspecified atom stereocenters. The first kappa shape index (κ1) is 20.3. The van der Waals surface area contributed by atoms with Crippen molar-refractivity contribution in [2.45, 2.75) is 0 Å². The quantitative estimate of drug-likeness (QED) is 0.618. The number of benzene rings is 2. The number of rotatable bonds is 5. The van der Waals surface area contributed by atoms with Gasteiger partial charge in [-0.25, -0.2) is 4.99 Å². The number of nitriles is 1. The maximum Gasteiger partial charge on any atom is 0.264 e. The number of hydrogen-bond acceptors (Lipinski definition) is 6. The van der Waals surface area contributed by atoms with Crippen LogP contribution in [-0.2, 0) is 4.79 Å². The van der Waals surface area contributed by atoms with Gasteiger partial charge in [0.2, 0.25) is 0 Å². The molecule has 1 saturated heterocycles. The molecule has 28 heavy (non-hydrogen) atoms. The Bertz CT molecular complexity index is 1020. The fourth-order valence-corrected chi connectivity index (χ4v) is 3.69. The molecule has 9 heteroatoms. The van der Waals surface area contributed by atoms with Crippen LogP contribution in [0.4, 0.5) is 5.69 Å². The Morgan fingerprint density at radius 1 is 1.32 bits per heavy atom. The standard InChI is InChI=1S/C19H13BrClN3O3S/c1-26-15-8-11(14(20)10-16(15)27-7-6-22)9-17-18(25)24-19(28-17)23-13-4-2-12(21)3-5-13/h2-5,8-10H,7H2,1H3,(H,23,24,25)/b17-9-. The van der Waals surface area contributed by atoms with E-state index in [9.17, 15) is 4.79 Å². The minimum absolute atomic E-state index is 0.0913. The highest BCUT2D eigenvalue weighted by Crippen LogP contribution is 2.36. The van der Waals surface area contributed by atoms with Gasteiger partial charge in [0.1, 0.15) is 6.07 Å². The highest BCUT2D eigenvalue weighted by atomic mass is 79.9. The molecule has 0 spiro atoms. The van der Waals surface area contributed by atoms with Gasteiger partial charge >= 0.3 is 0 Å². The van der Waals surface area contributed by atoms with Crippen molar-refractivity contribution in [3.8, 4) is 17.6 Å². The number of halogens is 2. The van der Waals surface area contributed by atoms with E-state index in [0.29, 0.717) is 36.8 Å². The lowest BCUT2D eigenvalue weighted by Gasteiger charge is -2.11. The molecule has 3 rings (SSSR count). The smallest absolute Gasteiger partial charge is 0.264 e. The van der Waals surface area contributed by atoms with Crippen LogP contribution in [0, 0.1) is 11.3 Å². The Kier molecular flexibility index (Phi) is 6.62. The van der Waals surface area contributed by atoms with Crippen molar-refractivity contribution >= 4 is 62.1 Å². The van der Waals surface area contributed by atoms with Gasteiger partial charge in [-0.1, -0.05) is 27.5 Å². The van der Waals surface area contributed by atoms with Gasteiger partial charge in [0, 0.05) is 9.50 Å². The molecule has 1 amide bonds. The molecule has 2 aromatic rings. The number of nitrogens with one attached hydrogen (secondary N) is 1. The summed E-state index contributed by atoms with van der Waals surface area (Å²) in [7, 11) is 1.51. The van der Waals surface area contributed by atoms with E-state index in [1.165, 1.54) is 18.9 Å². The number of aliphatic imine (C=N–C) groups is 1. The third-order valence-electron chi connectivity index (χ3n) is 3.57. The predicted molar refractivity (Wildman–Crippen MR) is 114 cm³/mol. The molecular weight excluding hydrogens is 466 g/mol. The minimum atomic E-state index is -0.242. The molecule has 0 radical (unpaired) electrons. The highest BCUT2D eigenvalue weighted by Gasteiger charge is 2.24. The van der Waals surface area contributed by atoms with Gasteiger partial charge < -0.3 is 14.8 Å². The number of methoxy groups -OCH3 is 1. The van der Waals surface area contributed by atoms with E-state index in [-0.39, 0.29) is 12.5 Å². The summed E-state index contributed by atoms with van der Waals surface area (Å²) in [5.41, 5.74) is 1.42. The summed E-state index contributed by atoms with van der Waals surface area (Å²) in [6, 6.07) is 12.3. The molecule has 0 atom stereocenters. The summed E-state index contributed by atoms with van der Waals surface area (Å²) in [6.45, 7) is -0.0913. The summed E-state index contributed by atoms with van der Waals surface area (Å²) < 4.78 is 11.4. The number of thioether (sulfide) groups is 1. The van der Waals surface area contributed by atoms with Crippen molar-refractivity contribution in [3.05, 3.63) is 56.4 Å². The second-order valence-electron chi connectivity index (χ2n) is 5.43. The first-order valence-electron chi connectivity index (χ1n) is 7.92. The average molecular weight is 479 g/mol. The number of amidine groups is 1. The summed E-state index contributed by atoms with van der Waals surface area (Å²) in [4.78, 5) is 17.2. The maximum absolute atomic E-state index is 12.3. The number of ether oxygens (including phenoxy) is 2. The zero-order valence-electron chi connectivity index (χ0n) is 14.5. The molecule has 1 aliphatic rings. The molecule has 1 N–H and O–H groups in total. The predicted octanol–water partition coefficient (Wildman–Crippen LogP) is 4.91. The molecule has 0 aliphatic carbocycles. The Balaban J connectivity index is 1.86. The van der Waals surface area contributed by atoms with Crippen LogP contribution in [0.25, 0.3) is 6.08 Å². The van der Waals surface area contributed by atoms with Gasteiger partial charge in [0.25, 0.3) is 5.91 Å². The molecule has 142 valence electrons. The Morgan fingerprint density at radius 3 is 2.75 bits per heavy atom. The SMILES string of the molecule is COc1cc(/C=C2\SC(=Nc3ccc(Cl)cc3)NC2=O)c(Br)cc1OCC#N. The fraction of sp³-hybridized carbons (Fsp3) is 0.105. The van der Waals surface area contributed by atoms with Gasteiger partial charge in [-0.05, 0) is 59.8 Å². The van der Waals surface area contributed by atoms with Gasteiger partial charge in [-0.3, -0.25) is 4.79 Å². The number of hydrogen-bond donors (Lipinski definition) is 1. The second-order valence-corrected chi connectivity index (χ2v) is 7.75. The molecule has 0 aromatic heterocycles. The Morgan fingerprint density at radius 2 is 2.07 bits per heavy atom. The van der Waals surface area contributed by atoms with Crippen LogP contribution < -0.4 is 14.8 Å². The van der Waals surface area contributed by atoms with E-state index in [1.807, 2.05) is 6.07 Å². The van der Waals surface area contributed by atoms with Crippen molar-refractivity contribution in [3.63, 3.8) is 0 Å². The zero-order chi connectivity index (χ0) is 20.1. The summed E-state index contributed by atoms with van der Waals surface area (Å²) in [5, 5.41) is 12.5. The van der Waals surface area contributed by atoms with Crippen molar-refractivity contribution in [1.82, 2.24) is 5.32 Å². The lowest BCUT2D eigenvalue weighted by Crippen LogP contribution is -2.19. The zero-order valence-corrected chi connectivity index (χ0v) is 17.7. The largest absolute Gasteiger partial charge is 0.493 e. The topological polar surface area (TPSA) is 83.7 Å². The lowest BCUT2D eigenvalue weighted by atomic mass is 10.2. The van der Waals surface area contributed by atoms with Crippen LogP contribution in [0.2, 0.25) is 5.02 Å². The number of amides is 1. The van der Waals surface area contributed by atoms with Crippen molar-refractivity contribution < 1.29 is 14.3 Å². The first-order valence-corrected chi connectivity index (χ1v) is 9.91. The van der Waals surface area contributed by atoms with Crippen molar-refractivity contribution in [2.24, 2.45) is 4.99 Å². The van der Waals surface area contributed by atoms with Gasteiger partial charge in [0.15, 0.2) is 23.3 Å². The monoisotopic (exact) mass is 477 g/mol. The number of nitrogens with zero attached hydrogens (tertiary/aromatic N) is 2. The van der Waals surface area contributed by atoms with Crippen LogP contribution in [0.5, 0.6) is 11.5 Å². The average Bonchev–Trinajstić information content (AvgIpc) is 3.02. The highest BCUT2D eigenvalue weighted by molar-refractivity contribution is 9.10. The summed E-state index contributed by atoms with van der Waals surface area (Å²) >= 11 is 10.6. The normalized spacial score (nSPS) is 16.1. The molecule has 2 aromatic carbocycles. The molecule has 0 bridgehead atoms. The van der Waals surface area contributed by atoms with Gasteiger partial charge in [-0.2, -0.15) is 5.26 Å². The number of carbonyl (C=O) groups is 1. The molecule has 6 nitrogen and oxygen atoms in total. The minimum Gasteiger partial charge on any atom is -0.493 e. The van der Waals surface area contributed by atoms with Crippen LogP contribution in [0.1, 0.15) is 5.56 Å². The summed E-state index contributed by atoms with van der Waals surface area (Å²) in [6.07, 6.45) is 1.73. The van der Waals surface area contributed by atoms with E-state index in [0.717, 1.165) is 5.56 Å². The molecule has 1 aliphatic heterocycles. The number of carbonyl (C=O) groups excluding carboxylic acids is 1. The van der Waals surface area contributed by atoms with Crippen LogP contribution in [-0.4, -0.2) is 24.8 Å². The molecule has 1 fully saturated rings. The van der Waals surface area contributed by atoms with Crippen molar-refractivity contribution in [2.75, 3.05) is 13.7 Å². The van der Waals surface area contributed by atoms with Gasteiger partial charge in [0.05, 0.1) is 17.7 Å². The van der Waals surface area contributed by atoms with E-state index in [1.54, 1.807) is 42.5 Å². The Hall–Kier alpha value is -2.47. The van der Waals surface area contributed by atoms with E-state index in [4.69, 9.17) is 26.3 Å². The van der Waals surface area contributed by atoms with Crippen LogP contribution >= 0.6 is 39.3 Å². The van der Waals surface area contributed by atoms with E-state index >= 15 is 0 Å². The van der Waals surface area contributed by atoms with E-state index in [2.05, 4.69) is 26.2 Å². The maximum atomic E-state index is 12.3. The van der Waals surface area contributed by atoms with Crippen LogP contribution in [0.15, 0.2) is 50.8 Å². The summed E-state index contributed by atoms with van der Waals surface area (Å²) in [5.74, 6) is 0.656. The van der Waals surface area contributed by atoms with Gasteiger partial charge in [-0.15, -0.1) is 0 Å². The van der Waals surface area contributed by atoms with E-state index < -0.39 is 0 Å². The second kappa shape index (κ2) is 9.15. The third kappa shape index (κ3) is 4.87. The fourth-order valence-electron chi connectivity index (χ4n) is 2.30. The van der Waals surface area contributed by atoms with Crippen LogP contribution in [0.3, 0.4) is 0 Å². The Labute approximate surface area is 179 Å². The third-order valence-corrected chi connectivity index (χ3v) is 5.42. The molecule has 1 heterocycles. The first-order chi connectivity index (χ1) is 13.5.